The minimum Gasteiger partial charge on any atom is -0.352 e. The number of piperidine rings is 1. The first kappa shape index (κ1) is 22.6. The predicted octanol–water partition coefficient (Wildman–Crippen LogP) is 6.37. The van der Waals surface area contributed by atoms with Gasteiger partial charge in [-0.15, -0.1) is 12.6 Å². The SMILES string of the molecule is Cc1c(S)ncc(C(=O)N2CCC(c3ccc(F)cc3)CC2)c1Nc1ccc(Cl)cc1F. The molecule has 4 rings (SSSR count). The number of carbonyl (C=O) groups excluding carboxylic acids is 1. The van der Waals surface area contributed by atoms with Crippen molar-refractivity contribution in [1.82, 2.24) is 9.88 Å². The normalized spacial score (nSPS) is 14.5. The zero-order valence-corrected chi connectivity index (χ0v) is 19.1. The number of thiol groups is 1. The standard InChI is InChI=1S/C24H22ClF2N3OS/c1-14-22(29-21-7-4-17(25)12-20(21)27)19(13-28-23(14)32)24(31)30-10-8-16(9-11-30)15-2-5-18(26)6-3-15/h2-7,12-13,16H,8-11H2,1H3,(H2,28,29,32). The zero-order valence-electron chi connectivity index (χ0n) is 17.4. The van der Waals surface area contributed by atoms with E-state index in [1.165, 1.54) is 30.5 Å². The van der Waals surface area contributed by atoms with E-state index < -0.39 is 5.82 Å². The van der Waals surface area contributed by atoms with Crippen molar-refractivity contribution in [1.29, 1.82) is 0 Å². The first-order chi connectivity index (χ1) is 15.3. The van der Waals surface area contributed by atoms with Gasteiger partial charge in [0.05, 0.1) is 22.0 Å². The van der Waals surface area contributed by atoms with Gasteiger partial charge in [0.2, 0.25) is 0 Å². The molecule has 0 aliphatic carbocycles. The third-order valence-corrected chi connectivity index (χ3v) is 6.53. The lowest BCUT2D eigenvalue weighted by Gasteiger charge is -2.33. The number of rotatable bonds is 4. The van der Waals surface area contributed by atoms with Gasteiger partial charge in [0.1, 0.15) is 11.6 Å². The Bertz CT molecular complexity index is 1150. The van der Waals surface area contributed by atoms with Crippen molar-refractivity contribution in [3.8, 4) is 0 Å². The number of hydrogen-bond acceptors (Lipinski definition) is 4. The summed E-state index contributed by atoms with van der Waals surface area (Å²) in [4.78, 5) is 19.4. The van der Waals surface area contributed by atoms with Crippen LogP contribution in [0.15, 0.2) is 53.7 Å². The van der Waals surface area contributed by atoms with Crippen LogP contribution in [0.25, 0.3) is 0 Å². The summed E-state index contributed by atoms with van der Waals surface area (Å²) < 4.78 is 27.6. The first-order valence-corrected chi connectivity index (χ1v) is 11.1. The van der Waals surface area contributed by atoms with Crippen molar-refractivity contribution < 1.29 is 13.6 Å². The van der Waals surface area contributed by atoms with Gasteiger partial charge in [-0.3, -0.25) is 4.79 Å². The maximum absolute atomic E-state index is 14.4. The highest BCUT2D eigenvalue weighted by atomic mass is 35.5. The smallest absolute Gasteiger partial charge is 0.257 e. The molecule has 4 nitrogen and oxygen atoms in total. The summed E-state index contributed by atoms with van der Waals surface area (Å²) in [6, 6.07) is 10.9. The molecule has 0 saturated carbocycles. The Morgan fingerprint density at radius 1 is 1.16 bits per heavy atom. The van der Waals surface area contributed by atoms with Crippen LogP contribution >= 0.6 is 24.2 Å². The van der Waals surface area contributed by atoms with Crippen molar-refractivity contribution in [2.45, 2.75) is 30.7 Å². The van der Waals surface area contributed by atoms with Crippen molar-refractivity contribution in [2.24, 2.45) is 0 Å². The minimum absolute atomic E-state index is 0.177. The number of nitrogens with zero attached hydrogens (tertiary/aromatic N) is 2. The number of hydrogen-bond donors (Lipinski definition) is 2. The molecule has 8 heteroatoms. The van der Waals surface area contributed by atoms with Gasteiger partial charge in [0.25, 0.3) is 5.91 Å². The number of likely N-dealkylation sites (tertiary alicyclic amines) is 1. The van der Waals surface area contributed by atoms with Gasteiger partial charge in [-0.25, -0.2) is 13.8 Å². The molecule has 0 radical (unpaired) electrons. The summed E-state index contributed by atoms with van der Waals surface area (Å²) in [7, 11) is 0. The van der Waals surface area contributed by atoms with Crippen LogP contribution in [0, 0.1) is 18.6 Å². The third kappa shape index (κ3) is 4.74. The number of halogens is 3. The average molecular weight is 474 g/mol. The van der Waals surface area contributed by atoms with E-state index in [1.54, 1.807) is 30.0 Å². The zero-order chi connectivity index (χ0) is 22.8. The molecule has 1 saturated heterocycles. The van der Waals surface area contributed by atoms with Gasteiger partial charge in [-0.2, -0.15) is 0 Å². The number of pyridine rings is 1. The highest BCUT2D eigenvalue weighted by molar-refractivity contribution is 7.80. The van der Waals surface area contributed by atoms with E-state index >= 15 is 0 Å². The molecule has 0 unspecified atom stereocenters. The lowest BCUT2D eigenvalue weighted by atomic mass is 9.89. The van der Waals surface area contributed by atoms with E-state index in [9.17, 15) is 13.6 Å². The number of aromatic nitrogens is 1. The monoisotopic (exact) mass is 473 g/mol. The van der Waals surface area contributed by atoms with Crippen LogP contribution in [0.3, 0.4) is 0 Å². The van der Waals surface area contributed by atoms with Gasteiger partial charge in [0.15, 0.2) is 0 Å². The molecule has 1 aromatic heterocycles. The van der Waals surface area contributed by atoms with Gasteiger partial charge >= 0.3 is 0 Å². The Hall–Kier alpha value is -2.64. The molecular formula is C24H22ClF2N3OS. The molecule has 166 valence electrons. The quantitative estimate of drug-likeness (QED) is 0.432. The summed E-state index contributed by atoms with van der Waals surface area (Å²) in [6.45, 7) is 2.91. The largest absolute Gasteiger partial charge is 0.352 e. The maximum Gasteiger partial charge on any atom is 0.257 e. The van der Waals surface area contributed by atoms with E-state index in [0.29, 0.717) is 34.9 Å². The molecule has 1 N–H and O–H groups in total. The van der Waals surface area contributed by atoms with Crippen molar-refractivity contribution >= 4 is 41.5 Å². The molecule has 0 bridgehead atoms. The fraction of sp³-hybridized carbons (Fsp3) is 0.250. The topological polar surface area (TPSA) is 45.2 Å². The summed E-state index contributed by atoms with van der Waals surface area (Å²) in [5.74, 6) is -0.676. The van der Waals surface area contributed by atoms with E-state index in [-0.39, 0.29) is 28.4 Å². The van der Waals surface area contributed by atoms with Gasteiger partial charge in [0, 0.05) is 29.9 Å². The second kappa shape index (κ2) is 9.46. The summed E-state index contributed by atoms with van der Waals surface area (Å²) in [5.41, 5.74) is 2.76. The van der Waals surface area contributed by atoms with Crippen LogP contribution in [-0.4, -0.2) is 28.9 Å². The average Bonchev–Trinajstić information content (AvgIpc) is 2.79. The molecule has 2 heterocycles. The fourth-order valence-electron chi connectivity index (χ4n) is 3.97. The van der Waals surface area contributed by atoms with Crippen molar-refractivity contribution in [3.05, 3.63) is 82.0 Å². The minimum atomic E-state index is -0.520. The molecule has 1 amide bonds. The first-order valence-electron chi connectivity index (χ1n) is 10.3. The Labute approximate surface area is 196 Å². The predicted molar refractivity (Wildman–Crippen MR) is 125 cm³/mol. The van der Waals surface area contributed by atoms with Crippen LogP contribution in [-0.2, 0) is 0 Å². The number of carbonyl (C=O) groups is 1. The van der Waals surface area contributed by atoms with Crippen LogP contribution in [0.1, 0.15) is 40.2 Å². The highest BCUT2D eigenvalue weighted by Gasteiger charge is 2.27. The molecule has 2 aromatic carbocycles. The Morgan fingerprint density at radius 3 is 2.50 bits per heavy atom. The lowest BCUT2D eigenvalue weighted by Crippen LogP contribution is -2.38. The molecule has 0 spiro atoms. The summed E-state index contributed by atoms with van der Waals surface area (Å²) in [6.07, 6.45) is 3.03. The Balaban J connectivity index is 1.55. The Morgan fingerprint density at radius 2 is 1.84 bits per heavy atom. The number of benzene rings is 2. The van der Waals surface area contributed by atoms with Crippen molar-refractivity contribution in [3.63, 3.8) is 0 Å². The number of amides is 1. The van der Waals surface area contributed by atoms with Gasteiger partial charge < -0.3 is 10.2 Å². The third-order valence-electron chi connectivity index (χ3n) is 5.84. The Kier molecular flexibility index (Phi) is 6.67. The molecule has 1 aliphatic heterocycles. The van der Waals surface area contributed by atoms with E-state index in [4.69, 9.17) is 11.6 Å². The number of anilines is 2. The lowest BCUT2D eigenvalue weighted by molar-refractivity contribution is 0.0713. The van der Waals surface area contributed by atoms with Crippen LogP contribution in [0.5, 0.6) is 0 Å². The van der Waals surface area contributed by atoms with Gasteiger partial charge in [-0.1, -0.05) is 23.7 Å². The van der Waals surface area contributed by atoms with E-state index in [2.05, 4.69) is 22.9 Å². The van der Waals surface area contributed by atoms with Crippen LogP contribution in [0.4, 0.5) is 20.2 Å². The molecule has 0 atom stereocenters. The van der Waals surface area contributed by atoms with E-state index in [1.807, 2.05) is 0 Å². The molecule has 1 aliphatic rings. The maximum atomic E-state index is 14.4. The molecule has 3 aromatic rings. The summed E-state index contributed by atoms with van der Waals surface area (Å²) in [5, 5.41) is 3.77. The number of nitrogens with one attached hydrogen (secondary N) is 1. The molecule has 32 heavy (non-hydrogen) atoms. The van der Waals surface area contributed by atoms with Crippen molar-refractivity contribution in [2.75, 3.05) is 18.4 Å². The second-order valence-electron chi connectivity index (χ2n) is 7.86. The van der Waals surface area contributed by atoms with E-state index in [0.717, 1.165) is 18.4 Å². The molecule has 1 fully saturated rings. The highest BCUT2D eigenvalue weighted by Crippen LogP contribution is 2.33. The van der Waals surface area contributed by atoms with Gasteiger partial charge in [-0.05, 0) is 61.6 Å². The molecular weight excluding hydrogens is 452 g/mol. The second-order valence-corrected chi connectivity index (χ2v) is 8.72. The van der Waals surface area contributed by atoms with Crippen LogP contribution < -0.4 is 5.32 Å². The van der Waals surface area contributed by atoms with Crippen LogP contribution in [0.2, 0.25) is 5.02 Å². The fourth-order valence-corrected chi connectivity index (χ4v) is 4.30. The summed E-state index contributed by atoms with van der Waals surface area (Å²) >= 11 is 10.2.